The third-order valence-corrected chi connectivity index (χ3v) is 6.90. The number of carbonyl (C=O) groups excluding carboxylic acids is 1. The Morgan fingerprint density at radius 2 is 1.80 bits per heavy atom. The first kappa shape index (κ1) is 23.8. The summed E-state index contributed by atoms with van der Waals surface area (Å²) in [5.74, 6) is -0.481. The van der Waals surface area contributed by atoms with E-state index < -0.39 is 28.6 Å². The molecule has 1 N–H and O–H groups in total. The number of aryl methyl sites for hydroxylation is 1. The van der Waals surface area contributed by atoms with Gasteiger partial charge in [0, 0.05) is 18.7 Å². The van der Waals surface area contributed by atoms with E-state index in [0.29, 0.717) is 24.2 Å². The lowest BCUT2D eigenvalue weighted by Crippen LogP contribution is -2.32. The summed E-state index contributed by atoms with van der Waals surface area (Å²) in [6, 6.07) is 10.0. The van der Waals surface area contributed by atoms with E-state index in [1.54, 1.807) is 52.0 Å². The zero-order valence-corrected chi connectivity index (χ0v) is 18.2. The van der Waals surface area contributed by atoms with Gasteiger partial charge in [0.25, 0.3) is 5.91 Å². The van der Waals surface area contributed by atoms with E-state index in [1.807, 2.05) is 0 Å². The maximum absolute atomic E-state index is 12.9. The highest BCUT2D eigenvalue weighted by Gasteiger charge is 2.25. The number of halogens is 2. The first-order valence-electron chi connectivity index (χ1n) is 9.56. The largest absolute Gasteiger partial charge is 0.435 e. The Balaban J connectivity index is 2.26. The van der Waals surface area contributed by atoms with Gasteiger partial charge in [-0.15, -0.1) is 0 Å². The summed E-state index contributed by atoms with van der Waals surface area (Å²) in [6.45, 7) is 4.58. The van der Waals surface area contributed by atoms with Gasteiger partial charge in [-0.05, 0) is 49.2 Å². The molecule has 0 aromatic heterocycles. The molecule has 2 aromatic rings. The molecule has 0 bridgehead atoms. The van der Waals surface area contributed by atoms with Crippen LogP contribution in [0.5, 0.6) is 5.75 Å². The Labute approximate surface area is 175 Å². The van der Waals surface area contributed by atoms with Crippen LogP contribution in [-0.2, 0) is 10.0 Å². The second-order valence-electron chi connectivity index (χ2n) is 6.72. The number of hydrogen-bond acceptors (Lipinski definition) is 4. The van der Waals surface area contributed by atoms with Crippen LogP contribution in [0.2, 0.25) is 0 Å². The lowest BCUT2D eigenvalue weighted by atomic mass is 10.1. The van der Waals surface area contributed by atoms with Crippen molar-refractivity contribution in [3.05, 3.63) is 59.2 Å². The van der Waals surface area contributed by atoms with Crippen LogP contribution in [0.3, 0.4) is 0 Å². The summed E-state index contributed by atoms with van der Waals surface area (Å²) >= 11 is 0. The van der Waals surface area contributed by atoms with E-state index in [0.717, 1.165) is 0 Å². The van der Waals surface area contributed by atoms with Crippen molar-refractivity contribution < 1.29 is 26.7 Å². The van der Waals surface area contributed by atoms with Gasteiger partial charge in [0.05, 0.1) is 10.9 Å². The number of benzene rings is 2. The first-order chi connectivity index (χ1) is 14.1. The molecule has 1 amide bonds. The van der Waals surface area contributed by atoms with Gasteiger partial charge in [-0.3, -0.25) is 4.79 Å². The number of rotatable bonds is 9. The standard InChI is InChI=1S/C21H26F2N2O4S/c1-5-25(6-2)30(27,28)19-13-17(11-10-14(19)3)20(26)24-15(4)16-8-7-9-18(12-16)29-21(22)23/h7-13,15,21H,5-6H2,1-4H3,(H,24,26). The van der Waals surface area contributed by atoms with Crippen molar-refractivity contribution in [3.63, 3.8) is 0 Å². The average molecular weight is 441 g/mol. The normalized spacial score (nSPS) is 12.8. The molecule has 30 heavy (non-hydrogen) atoms. The van der Waals surface area contributed by atoms with Gasteiger partial charge in [-0.2, -0.15) is 13.1 Å². The van der Waals surface area contributed by atoms with Gasteiger partial charge in [0.15, 0.2) is 0 Å². The molecule has 0 aliphatic rings. The molecule has 0 aliphatic heterocycles. The fourth-order valence-corrected chi connectivity index (χ4v) is 4.75. The van der Waals surface area contributed by atoms with Crippen molar-refractivity contribution in [2.75, 3.05) is 13.1 Å². The molecule has 2 rings (SSSR count). The van der Waals surface area contributed by atoms with Crippen LogP contribution in [0.25, 0.3) is 0 Å². The number of ether oxygens (including phenoxy) is 1. The molecule has 0 aliphatic carbocycles. The molecule has 0 saturated carbocycles. The van der Waals surface area contributed by atoms with E-state index in [9.17, 15) is 22.0 Å². The maximum Gasteiger partial charge on any atom is 0.387 e. The molecule has 0 heterocycles. The van der Waals surface area contributed by atoms with Gasteiger partial charge in [-0.25, -0.2) is 8.42 Å². The fraction of sp³-hybridized carbons (Fsp3) is 0.381. The number of alkyl halides is 2. The van der Waals surface area contributed by atoms with Crippen LogP contribution in [0, 0.1) is 6.92 Å². The Kier molecular flexibility index (Phi) is 7.91. The third kappa shape index (κ3) is 5.54. The van der Waals surface area contributed by atoms with E-state index in [4.69, 9.17) is 0 Å². The zero-order valence-electron chi connectivity index (χ0n) is 17.4. The van der Waals surface area contributed by atoms with Gasteiger partial charge >= 0.3 is 6.61 Å². The SMILES string of the molecule is CCN(CC)S(=O)(=O)c1cc(C(=O)NC(C)c2cccc(OC(F)F)c2)ccc1C. The quantitative estimate of drug-likeness (QED) is 0.637. The van der Waals surface area contributed by atoms with Crippen LogP contribution < -0.4 is 10.1 Å². The highest BCUT2D eigenvalue weighted by molar-refractivity contribution is 7.89. The summed E-state index contributed by atoms with van der Waals surface area (Å²) in [5.41, 5.74) is 1.31. The Hall–Kier alpha value is -2.52. The van der Waals surface area contributed by atoms with Crippen molar-refractivity contribution in [2.45, 2.75) is 45.2 Å². The number of hydrogen-bond donors (Lipinski definition) is 1. The third-order valence-electron chi connectivity index (χ3n) is 4.70. The lowest BCUT2D eigenvalue weighted by molar-refractivity contribution is -0.0499. The van der Waals surface area contributed by atoms with E-state index in [2.05, 4.69) is 10.1 Å². The molecule has 0 spiro atoms. The highest BCUT2D eigenvalue weighted by atomic mass is 32.2. The summed E-state index contributed by atoms with van der Waals surface area (Å²) < 4.78 is 56.3. The summed E-state index contributed by atoms with van der Waals surface area (Å²) in [7, 11) is -3.72. The molecule has 0 saturated heterocycles. The average Bonchev–Trinajstić information content (AvgIpc) is 2.68. The summed E-state index contributed by atoms with van der Waals surface area (Å²) in [5, 5.41) is 2.76. The van der Waals surface area contributed by atoms with Crippen molar-refractivity contribution in [1.82, 2.24) is 9.62 Å². The Bertz CT molecular complexity index is 992. The Morgan fingerprint density at radius 1 is 1.13 bits per heavy atom. The highest BCUT2D eigenvalue weighted by Crippen LogP contribution is 2.23. The molecule has 0 fully saturated rings. The minimum absolute atomic E-state index is 0.00784. The predicted octanol–water partition coefficient (Wildman–Crippen LogP) is 4.12. The van der Waals surface area contributed by atoms with Crippen LogP contribution in [0.15, 0.2) is 47.4 Å². The first-order valence-corrected chi connectivity index (χ1v) is 11.0. The van der Waals surface area contributed by atoms with Crippen molar-refractivity contribution in [1.29, 1.82) is 0 Å². The second-order valence-corrected chi connectivity index (χ2v) is 8.62. The van der Waals surface area contributed by atoms with E-state index in [-0.39, 0.29) is 16.2 Å². The minimum atomic E-state index is -3.72. The number of amides is 1. The van der Waals surface area contributed by atoms with E-state index in [1.165, 1.54) is 22.5 Å². The molecule has 6 nitrogen and oxygen atoms in total. The van der Waals surface area contributed by atoms with Gasteiger partial charge in [-0.1, -0.05) is 32.0 Å². The lowest BCUT2D eigenvalue weighted by Gasteiger charge is -2.20. The van der Waals surface area contributed by atoms with E-state index >= 15 is 0 Å². The van der Waals surface area contributed by atoms with Gasteiger partial charge < -0.3 is 10.1 Å². The van der Waals surface area contributed by atoms with Crippen LogP contribution in [0.1, 0.15) is 48.3 Å². The van der Waals surface area contributed by atoms with Gasteiger partial charge in [0.2, 0.25) is 10.0 Å². The van der Waals surface area contributed by atoms with Crippen molar-refractivity contribution >= 4 is 15.9 Å². The van der Waals surface area contributed by atoms with Crippen molar-refractivity contribution in [2.24, 2.45) is 0 Å². The number of carbonyl (C=O) groups is 1. The number of sulfonamides is 1. The number of nitrogens with one attached hydrogen (secondary N) is 1. The molecule has 2 aromatic carbocycles. The molecular formula is C21H26F2N2O4S. The molecule has 164 valence electrons. The summed E-state index contributed by atoms with van der Waals surface area (Å²) in [4.78, 5) is 12.8. The molecular weight excluding hydrogens is 414 g/mol. The topological polar surface area (TPSA) is 75.7 Å². The summed E-state index contributed by atoms with van der Waals surface area (Å²) in [6.07, 6.45) is 0. The minimum Gasteiger partial charge on any atom is -0.435 e. The molecule has 1 unspecified atom stereocenters. The smallest absolute Gasteiger partial charge is 0.387 e. The monoisotopic (exact) mass is 440 g/mol. The zero-order chi connectivity index (χ0) is 22.5. The Morgan fingerprint density at radius 3 is 2.40 bits per heavy atom. The molecule has 9 heteroatoms. The van der Waals surface area contributed by atoms with Crippen molar-refractivity contribution in [3.8, 4) is 5.75 Å². The molecule has 0 radical (unpaired) electrons. The molecule has 1 atom stereocenters. The van der Waals surface area contributed by atoms with Gasteiger partial charge in [0.1, 0.15) is 5.75 Å². The maximum atomic E-state index is 12.9. The second kappa shape index (κ2) is 9.99. The van der Waals surface area contributed by atoms with Crippen LogP contribution in [-0.4, -0.2) is 38.3 Å². The van der Waals surface area contributed by atoms with Crippen LogP contribution in [0.4, 0.5) is 8.78 Å². The predicted molar refractivity (Wildman–Crippen MR) is 110 cm³/mol. The van der Waals surface area contributed by atoms with Crippen LogP contribution >= 0.6 is 0 Å². The fourth-order valence-electron chi connectivity index (χ4n) is 3.05. The number of nitrogens with zero attached hydrogens (tertiary/aromatic N) is 1.